The van der Waals surface area contributed by atoms with Crippen molar-refractivity contribution in [1.82, 2.24) is 4.72 Å². The van der Waals surface area contributed by atoms with Gasteiger partial charge in [0.05, 0.1) is 4.92 Å². The molecule has 0 bridgehead atoms. The molecule has 0 atom stereocenters. The van der Waals surface area contributed by atoms with Crippen LogP contribution in [0, 0.1) is 21.7 Å². The summed E-state index contributed by atoms with van der Waals surface area (Å²) in [6.07, 6.45) is 0. The fourth-order valence-electron chi connectivity index (χ4n) is 1.86. The average Bonchev–Trinajstić information content (AvgIpc) is 2.51. The van der Waals surface area contributed by atoms with Gasteiger partial charge in [-0.2, -0.15) is 0 Å². The van der Waals surface area contributed by atoms with Crippen molar-refractivity contribution in [2.24, 2.45) is 0 Å². The quantitative estimate of drug-likeness (QED) is 0.450. The summed E-state index contributed by atoms with van der Waals surface area (Å²) in [6, 6.07) is 7.76. The van der Waals surface area contributed by atoms with Crippen LogP contribution < -0.4 is 10.0 Å². The maximum atomic E-state index is 13.5. The van der Waals surface area contributed by atoms with Gasteiger partial charge in [-0.3, -0.25) is 10.1 Å². The molecule has 10 heteroatoms. The van der Waals surface area contributed by atoms with Crippen LogP contribution in [0.4, 0.5) is 20.2 Å². The Labute approximate surface area is 136 Å². The predicted octanol–water partition coefficient (Wildman–Crippen LogP) is 2.26. The molecule has 0 unspecified atom stereocenters. The van der Waals surface area contributed by atoms with E-state index in [0.29, 0.717) is 11.8 Å². The van der Waals surface area contributed by atoms with Crippen molar-refractivity contribution in [2.75, 3.05) is 18.4 Å². The van der Waals surface area contributed by atoms with Crippen molar-refractivity contribution < 1.29 is 22.1 Å². The topological polar surface area (TPSA) is 101 Å². The van der Waals surface area contributed by atoms with Gasteiger partial charge in [-0.15, -0.1) is 0 Å². The number of non-ortho nitro benzene ring substituents is 1. The van der Waals surface area contributed by atoms with E-state index in [0.717, 1.165) is 12.1 Å². The molecule has 7 nitrogen and oxygen atoms in total. The number of sulfonamides is 1. The Morgan fingerprint density at radius 1 is 1.04 bits per heavy atom. The fraction of sp³-hybridized carbons (Fsp3) is 0.143. The molecule has 0 aliphatic carbocycles. The molecule has 2 N–H and O–H groups in total. The first-order chi connectivity index (χ1) is 11.3. The van der Waals surface area contributed by atoms with Crippen LogP contribution in [0.2, 0.25) is 0 Å². The minimum absolute atomic E-state index is 0.0594. The van der Waals surface area contributed by atoms with Crippen LogP contribution in [-0.2, 0) is 10.0 Å². The molecular weight excluding hydrogens is 344 g/mol. The van der Waals surface area contributed by atoms with Gasteiger partial charge in [-0.1, -0.05) is 0 Å². The zero-order chi connectivity index (χ0) is 17.7. The van der Waals surface area contributed by atoms with Crippen molar-refractivity contribution in [3.8, 4) is 0 Å². The molecule has 0 aliphatic heterocycles. The van der Waals surface area contributed by atoms with E-state index in [-0.39, 0.29) is 18.8 Å². The Kier molecular flexibility index (Phi) is 5.42. The van der Waals surface area contributed by atoms with E-state index in [1.54, 1.807) is 0 Å². The van der Waals surface area contributed by atoms with Crippen molar-refractivity contribution in [2.45, 2.75) is 4.90 Å². The molecular formula is C14H13F2N3O4S. The van der Waals surface area contributed by atoms with Gasteiger partial charge in [0.2, 0.25) is 10.0 Å². The van der Waals surface area contributed by atoms with E-state index in [4.69, 9.17) is 0 Å². The van der Waals surface area contributed by atoms with Crippen LogP contribution in [0.15, 0.2) is 47.4 Å². The first-order valence-electron chi connectivity index (χ1n) is 6.72. The maximum Gasteiger partial charge on any atom is 0.269 e. The lowest BCUT2D eigenvalue weighted by atomic mass is 10.3. The first kappa shape index (κ1) is 17.8. The molecule has 0 saturated carbocycles. The number of halogens is 2. The summed E-state index contributed by atoms with van der Waals surface area (Å²) in [5.74, 6) is -2.04. The number of nitro groups is 1. The monoisotopic (exact) mass is 357 g/mol. The lowest BCUT2D eigenvalue weighted by Crippen LogP contribution is -2.29. The standard InChI is InChI=1S/C14H13F2N3O4S/c15-10-1-6-14(13(16)9-10)24(22,23)18-8-7-17-11-2-4-12(5-3-11)19(20)21/h1-6,9,17-18H,7-8H2. The number of hydrogen-bond donors (Lipinski definition) is 2. The Bertz CT molecular complexity index is 842. The van der Waals surface area contributed by atoms with Gasteiger partial charge in [0.15, 0.2) is 0 Å². The molecule has 0 spiro atoms. The first-order valence-corrected chi connectivity index (χ1v) is 8.21. The SMILES string of the molecule is O=[N+]([O-])c1ccc(NCCNS(=O)(=O)c2ccc(F)cc2F)cc1. The van der Waals surface area contributed by atoms with E-state index in [1.165, 1.54) is 24.3 Å². The number of nitrogens with zero attached hydrogens (tertiary/aromatic N) is 1. The molecule has 2 aromatic rings. The summed E-state index contributed by atoms with van der Waals surface area (Å²) in [4.78, 5) is 9.35. The lowest BCUT2D eigenvalue weighted by molar-refractivity contribution is -0.384. The summed E-state index contributed by atoms with van der Waals surface area (Å²) in [6.45, 7) is 0.107. The molecule has 0 saturated heterocycles. The van der Waals surface area contributed by atoms with Crippen LogP contribution in [-0.4, -0.2) is 26.4 Å². The second-order valence-corrected chi connectivity index (χ2v) is 6.44. The Morgan fingerprint density at radius 3 is 2.29 bits per heavy atom. The second kappa shape index (κ2) is 7.32. The van der Waals surface area contributed by atoms with Gasteiger partial charge in [0.25, 0.3) is 5.69 Å². The third-order valence-corrected chi connectivity index (χ3v) is 4.50. The number of rotatable bonds is 7. The highest BCUT2D eigenvalue weighted by Crippen LogP contribution is 2.16. The average molecular weight is 357 g/mol. The lowest BCUT2D eigenvalue weighted by Gasteiger charge is -2.09. The van der Waals surface area contributed by atoms with Crippen molar-refractivity contribution in [1.29, 1.82) is 0 Å². The normalized spacial score (nSPS) is 11.2. The van der Waals surface area contributed by atoms with Gasteiger partial charge in [-0.05, 0) is 24.3 Å². The van der Waals surface area contributed by atoms with Crippen molar-refractivity contribution in [3.05, 3.63) is 64.2 Å². The van der Waals surface area contributed by atoms with Gasteiger partial charge in [0.1, 0.15) is 16.5 Å². The minimum Gasteiger partial charge on any atom is -0.384 e. The minimum atomic E-state index is -4.10. The summed E-state index contributed by atoms with van der Waals surface area (Å²) < 4.78 is 52.3. The smallest absolute Gasteiger partial charge is 0.269 e. The highest BCUT2D eigenvalue weighted by Gasteiger charge is 2.18. The molecule has 0 amide bonds. The molecule has 128 valence electrons. The highest BCUT2D eigenvalue weighted by molar-refractivity contribution is 7.89. The zero-order valence-corrected chi connectivity index (χ0v) is 13.0. The van der Waals surface area contributed by atoms with Crippen LogP contribution in [0.3, 0.4) is 0 Å². The molecule has 0 heterocycles. The van der Waals surface area contributed by atoms with E-state index < -0.39 is 31.5 Å². The van der Waals surface area contributed by atoms with Crippen molar-refractivity contribution in [3.63, 3.8) is 0 Å². The van der Waals surface area contributed by atoms with Gasteiger partial charge in [0, 0.05) is 37.0 Å². The van der Waals surface area contributed by atoms with Gasteiger partial charge in [-0.25, -0.2) is 21.9 Å². The van der Waals surface area contributed by atoms with Crippen LogP contribution in [0.25, 0.3) is 0 Å². The predicted molar refractivity (Wildman–Crippen MR) is 83.1 cm³/mol. The van der Waals surface area contributed by atoms with Crippen LogP contribution in [0.1, 0.15) is 0 Å². The number of nitrogens with one attached hydrogen (secondary N) is 2. The van der Waals surface area contributed by atoms with E-state index in [1.807, 2.05) is 0 Å². The summed E-state index contributed by atoms with van der Waals surface area (Å²) in [5.41, 5.74) is 0.501. The maximum absolute atomic E-state index is 13.5. The van der Waals surface area contributed by atoms with E-state index >= 15 is 0 Å². The Hall–Kier alpha value is -2.59. The molecule has 24 heavy (non-hydrogen) atoms. The van der Waals surface area contributed by atoms with Crippen LogP contribution in [0.5, 0.6) is 0 Å². The summed E-state index contributed by atoms with van der Waals surface area (Å²) in [7, 11) is -4.10. The molecule has 2 rings (SSSR count). The summed E-state index contributed by atoms with van der Waals surface area (Å²) >= 11 is 0. The number of hydrogen-bond acceptors (Lipinski definition) is 5. The highest BCUT2D eigenvalue weighted by atomic mass is 32.2. The second-order valence-electron chi connectivity index (χ2n) is 4.70. The molecule has 2 aromatic carbocycles. The van der Waals surface area contributed by atoms with Crippen LogP contribution >= 0.6 is 0 Å². The zero-order valence-electron chi connectivity index (χ0n) is 12.2. The number of benzene rings is 2. The molecule has 0 radical (unpaired) electrons. The molecule has 0 aromatic heterocycles. The number of nitro benzene ring substituents is 1. The van der Waals surface area contributed by atoms with Gasteiger partial charge < -0.3 is 5.32 Å². The molecule has 0 aliphatic rings. The Balaban J connectivity index is 1.90. The largest absolute Gasteiger partial charge is 0.384 e. The third kappa shape index (κ3) is 4.46. The van der Waals surface area contributed by atoms with Gasteiger partial charge >= 0.3 is 0 Å². The Morgan fingerprint density at radius 2 is 1.71 bits per heavy atom. The van der Waals surface area contributed by atoms with E-state index in [9.17, 15) is 27.3 Å². The fourth-order valence-corrected chi connectivity index (χ4v) is 2.95. The van der Waals surface area contributed by atoms with Crippen molar-refractivity contribution >= 4 is 21.4 Å². The number of anilines is 1. The molecule has 0 fully saturated rings. The van der Waals surface area contributed by atoms with E-state index in [2.05, 4.69) is 10.0 Å². The summed E-state index contributed by atoms with van der Waals surface area (Å²) in [5, 5.41) is 13.4. The third-order valence-electron chi connectivity index (χ3n) is 3.01.